The molecular formula is C19H26N6O2. The minimum atomic E-state index is 0.0490. The molecule has 0 radical (unpaired) electrons. The lowest BCUT2D eigenvalue weighted by molar-refractivity contribution is -0.000946. The number of aromatic nitrogens is 4. The van der Waals surface area contributed by atoms with E-state index >= 15 is 0 Å². The fourth-order valence-corrected chi connectivity index (χ4v) is 4.18. The molecule has 4 rings (SSSR count). The molecule has 144 valence electrons. The number of H-pyrrole nitrogens is 1. The van der Waals surface area contributed by atoms with E-state index in [1.165, 1.54) is 0 Å². The average molecular weight is 370 g/mol. The van der Waals surface area contributed by atoms with Crippen molar-refractivity contribution in [3.8, 4) is 11.4 Å². The van der Waals surface area contributed by atoms with Crippen molar-refractivity contribution >= 4 is 5.91 Å². The van der Waals surface area contributed by atoms with Crippen LogP contribution in [0.1, 0.15) is 30.1 Å². The summed E-state index contributed by atoms with van der Waals surface area (Å²) in [5.41, 5.74) is 1.36. The number of amides is 1. The maximum absolute atomic E-state index is 13.1. The van der Waals surface area contributed by atoms with Crippen LogP contribution in [0.25, 0.3) is 11.4 Å². The van der Waals surface area contributed by atoms with Crippen molar-refractivity contribution in [2.24, 2.45) is 5.92 Å². The normalized spacial score (nSPS) is 20.6. The highest BCUT2D eigenvalue weighted by atomic mass is 16.5. The number of aromatic amines is 1. The second-order valence-corrected chi connectivity index (χ2v) is 7.30. The second kappa shape index (κ2) is 8.14. The van der Waals surface area contributed by atoms with E-state index in [9.17, 15) is 4.79 Å². The van der Waals surface area contributed by atoms with E-state index in [4.69, 9.17) is 4.74 Å². The zero-order valence-corrected chi connectivity index (χ0v) is 15.7. The molecule has 0 saturated carbocycles. The predicted molar refractivity (Wildman–Crippen MR) is 100 cm³/mol. The highest BCUT2D eigenvalue weighted by molar-refractivity contribution is 6.00. The molecule has 2 aromatic rings. The number of tetrazole rings is 1. The first kappa shape index (κ1) is 18.1. The van der Waals surface area contributed by atoms with E-state index in [0.717, 1.165) is 57.8 Å². The van der Waals surface area contributed by atoms with Crippen LogP contribution in [0, 0.1) is 5.92 Å². The Morgan fingerprint density at radius 3 is 2.63 bits per heavy atom. The molecule has 0 aliphatic carbocycles. The summed E-state index contributed by atoms with van der Waals surface area (Å²) in [7, 11) is 0. The topological polar surface area (TPSA) is 87.2 Å². The van der Waals surface area contributed by atoms with Crippen LogP contribution in [0.15, 0.2) is 24.3 Å². The van der Waals surface area contributed by atoms with Gasteiger partial charge in [0.25, 0.3) is 5.91 Å². The van der Waals surface area contributed by atoms with Crippen LogP contribution < -0.4 is 0 Å². The minimum Gasteiger partial charge on any atom is -0.379 e. The van der Waals surface area contributed by atoms with Gasteiger partial charge in [-0.2, -0.15) is 5.21 Å². The highest BCUT2D eigenvalue weighted by Crippen LogP contribution is 2.27. The average Bonchev–Trinajstić information content (AvgIpc) is 3.28. The Morgan fingerprint density at radius 1 is 1.19 bits per heavy atom. The summed E-state index contributed by atoms with van der Waals surface area (Å²) in [6.07, 6.45) is 2.07. The van der Waals surface area contributed by atoms with Gasteiger partial charge in [-0.3, -0.25) is 9.69 Å². The first-order chi connectivity index (χ1) is 13.2. The lowest BCUT2D eigenvalue weighted by Gasteiger charge is -2.41. The number of morpholine rings is 1. The van der Waals surface area contributed by atoms with Crippen LogP contribution >= 0.6 is 0 Å². The molecule has 2 aliphatic rings. The molecule has 3 heterocycles. The second-order valence-electron chi connectivity index (χ2n) is 7.30. The Hall–Kier alpha value is -2.32. The fraction of sp³-hybridized carbons (Fsp3) is 0.579. The molecule has 0 spiro atoms. The molecule has 1 N–H and O–H groups in total. The molecule has 2 fully saturated rings. The van der Waals surface area contributed by atoms with Crippen molar-refractivity contribution in [2.45, 2.75) is 25.8 Å². The minimum absolute atomic E-state index is 0.0490. The van der Waals surface area contributed by atoms with Gasteiger partial charge in [0.05, 0.1) is 18.8 Å². The van der Waals surface area contributed by atoms with Gasteiger partial charge in [0.1, 0.15) is 0 Å². The van der Waals surface area contributed by atoms with Crippen molar-refractivity contribution in [3.63, 3.8) is 0 Å². The van der Waals surface area contributed by atoms with Crippen molar-refractivity contribution < 1.29 is 9.53 Å². The SMILES string of the molecule is C[C@H](C1CCN(C(=O)c2ccccc2-c2nn[nH]n2)CC1)N1CCOCC1. The standard InChI is InChI=1S/C19H26N6O2/c1-14(24-10-12-27-13-11-24)15-6-8-25(9-7-15)19(26)17-5-3-2-4-16(17)18-20-22-23-21-18/h2-5,14-15H,6-13H2,1H3,(H,20,21,22,23)/t14-/m1/s1. The largest absolute Gasteiger partial charge is 0.379 e. The molecule has 0 unspecified atom stereocenters. The molecule has 1 amide bonds. The lowest BCUT2D eigenvalue weighted by atomic mass is 9.88. The molecule has 1 aromatic heterocycles. The molecule has 0 bridgehead atoms. The van der Waals surface area contributed by atoms with Crippen LogP contribution in [-0.2, 0) is 4.74 Å². The number of carbonyl (C=O) groups excluding carboxylic acids is 1. The molecule has 1 atom stereocenters. The summed E-state index contributed by atoms with van der Waals surface area (Å²) < 4.78 is 5.47. The summed E-state index contributed by atoms with van der Waals surface area (Å²) >= 11 is 0. The van der Waals surface area contributed by atoms with Crippen molar-refractivity contribution in [1.29, 1.82) is 0 Å². The Bertz CT molecular complexity index is 751. The van der Waals surface area contributed by atoms with E-state index in [0.29, 0.717) is 23.3 Å². The number of rotatable bonds is 4. The van der Waals surface area contributed by atoms with Gasteiger partial charge in [0, 0.05) is 37.8 Å². The van der Waals surface area contributed by atoms with Gasteiger partial charge < -0.3 is 9.64 Å². The van der Waals surface area contributed by atoms with E-state index < -0.39 is 0 Å². The Morgan fingerprint density at radius 2 is 1.93 bits per heavy atom. The van der Waals surface area contributed by atoms with Crippen molar-refractivity contribution in [2.75, 3.05) is 39.4 Å². The first-order valence-electron chi connectivity index (χ1n) is 9.68. The van der Waals surface area contributed by atoms with Crippen LogP contribution in [0.2, 0.25) is 0 Å². The van der Waals surface area contributed by atoms with Crippen LogP contribution in [0.5, 0.6) is 0 Å². The number of piperidine rings is 1. The van der Waals surface area contributed by atoms with Gasteiger partial charge >= 0.3 is 0 Å². The summed E-state index contributed by atoms with van der Waals surface area (Å²) in [6.45, 7) is 7.58. The van der Waals surface area contributed by atoms with Gasteiger partial charge in [-0.15, -0.1) is 10.2 Å². The number of benzene rings is 1. The summed E-state index contributed by atoms with van der Waals surface area (Å²) in [4.78, 5) is 17.6. The molecular weight excluding hydrogens is 344 g/mol. The smallest absolute Gasteiger partial charge is 0.254 e. The lowest BCUT2D eigenvalue weighted by Crippen LogP contribution is -2.49. The maximum Gasteiger partial charge on any atom is 0.254 e. The molecule has 8 nitrogen and oxygen atoms in total. The maximum atomic E-state index is 13.1. The highest BCUT2D eigenvalue weighted by Gasteiger charge is 2.31. The number of nitrogens with one attached hydrogen (secondary N) is 1. The number of ether oxygens (including phenoxy) is 1. The zero-order valence-electron chi connectivity index (χ0n) is 15.7. The molecule has 1 aromatic carbocycles. The molecule has 27 heavy (non-hydrogen) atoms. The van der Waals surface area contributed by atoms with Crippen LogP contribution in [0.4, 0.5) is 0 Å². The molecule has 8 heteroatoms. The Balaban J connectivity index is 1.41. The predicted octanol–water partition coefficient (Wildman–Crippen LogP) is 1.44. The number of carbonyl (C=O) groups is 1. The quantitative estimate of drug-likeness (QED) is 0.876. The number of likely N-dealkylation sites (tertiary alicyclic amines) is 1. The van der Waals surface area contributed by atoms with Gasteiger partial charge in [0.2, 0.25) is 5.82 Å². The molecule has 2 saturated heterocycles. The third-order valence-electron chi connectivity index (χ3n) is 5.87. The Labute approximate surface area is 158 Å². The van der Waals surface area contributed by atoms with E-state index in [-0.39, 0.29) is 5.91 Å². The third kappa shape index (κ3) is 3.86. The Kier molecular flexibility index (Phi) is 5.45. The number of nitrogens with zero attached hydrogens (tertiary/aromatic N) is 5. The summed E-state index contributed by atoms with van der Waals surface area (Å²) in [6, 6.07) is 8.02. The van der Waals surface area contributed by atoms with Gasteiger partial charge in [-0.1, -0.05) is 18.2 Å². The number of hydrogen-bond acceptors (Lipinski definition) is 6. The number of hydrogen-bond donors (Lipinski definition) is 1. The van der Waals surface area contributed by atoms with Gasteiger partial charge in [0.15, 0.2) is 0 Å². The van der Waals surface area contributed by atoms with Crippen LogP contribution in [0.3, 0.4) is 0 Å². The van der Waals surface area contributed by atoms with Gasteiger partial charge in [-0.05, 0) is 37.0 Å². The van der Waals surface area contributed by atoms with E-state index in [1.54, 1.807) is 0 Å². The zero-order chi connectivity index (χ0) is 18.6. The fourth-order valence-electron chi connectivity index (χ4n) is 4.18. The monoisotopic (exact) mass is 370 g/mol. The van der Waals surface area contributed by atoms with E-state index in [2.05, 4.69) is 32.4 Å². The van der Waals surface area contributed by atoms with Gasteiger partial charge in [-0.25, -0.2) is 0 Å². The third-order valence-corrected chi connectivity index (χ3v) is 5.87. The first-order valence-corrected chi connectivity index (χ1v) is 9.68. The summed E-state index contributed by atoms with van der Waals surface area (Å²) in [5.74, 6) is 1.13. The van der Waals surface area contributed by atoms with Crippen LogP contribution in [-0.4, -0.2) is 81.8 Å². The van der Waals surface area contributed by atoms with E-state index in [1.807, 2.05) is 29.2 Å². The van der Waals surface area contributed by atoms with Crippen molar-refractivity contribution in [3.05, 3.63) is 29.8 Å². The molecule has 2 aliphatic heterocycles. The van der Waals surface area contributed by atoms with Crippen molar-refractivity contribution in [1.82, 2.24) is 30.4 Å². The summed E-state index contributed by atoms with van der Waals surface area (Å²) in [5, 5.41) is 14.1.